The summed E-state index contributed by atoms with van der Waals surface area (Å²) in [6, 6.07) is 5.87. The number of dihydropyridines is 1. The van der Waals surface area contributed by atoms with Crippen molar-refractivity contribution in [2.45, 2.75) is 19.4 Å². The molecular formula is C18H22ClN5O. The van der Waals surface area contributed by atoms with E-state index in [1.165, 1.54) is 25.9 Å². The van der Waals surface area contributed by atoms with Gasteiger partial charge in [-0.1, -0.05) is 17.7 Å². The average molecular weight is 360 g/mol. The van der Waals surface area contributed by atoms with E-state index in [-0.39, 0.29) is 5.76 Å². The van der Waals surface area contributed by atoms with Crippen LogP contribution in [0.2, 0.25) is 0 Å². The molecule has 2 aromatic rings. The van der Waals surface area contributed by atoms with E-state index in [1.54, 1.807) is 18.6 Å². The standard InChI is InChI=1S/C14H13ClN4O.C4H9N/c15-10-7-16-8-13(14(10)20)19-6-9-1-2-11-12(5-9)18-4-3-17-11;1-2-4-5-3-1/h1-5,8,16,19-20H,6-7H2;5H,1-4H2. The Morgan fingerprint density at radius 2 is 1.88 bits per heavy atom. The Labute approximate surface area is 152 Å². The van der Waals surface area contributed by atoms with Gasteiger partial charge >= 0.3 is 0 Å². The molecule has 4 N–H and O–H groups in total. The third kappa shape index (κ3) is 4.84. The van der Waals surface area contributed by atoms with Crippen LogP contribution in [0.3, 0.4) is 0 Å². The van der Waals surface area contributed by atoms with Gasteiger partial charge in [-0.25, -0.2) is 0 Å². The molecule has 0 amide bonds. The van der Waals surface area contributed by atoms with Gasteiger partial charge in [-0.15, -0.1) is 0 Å². The smallest absolute Gasteiger partial charge is 0.156 e. The van der Waals surface area contributed by atoms with Crippen molar-refractivity contribution >= 4 is 22.6 Å². The SMILES string of the molecule is C1CCNC1.OC1=C(Cl)CNC=C1NCc1ccc2nccnc2c1. The van der Waals surface area contributed by atoms with Crippen LogP contribution in [-0.4, -0.2) is 34.7 Å². The van der Waals surface area contributed by atoms with Crippen molar-refractivity contribution in [3.63, 3.8) is 0 Å². The van der Waals surface area contributed by atoms with Crippen LogP contribution in [0.25, 0.3) is 11.0 Å². The molecule has 0 aliphatic carbocycles. The summed E-state index contributed by atoms with van der Waals surface area (Å²) in [7, 11) is 0. The van der Waals surface area contributed by atoms with Crippen LogP contribution in [-0.2, 0) is 6.54 Å². The third-order valence-corrected chi connectivity index (χ3v) is 4.30. The topological polar surface area (TPSA) is 82.1 Å². The number of fused-ring (bicyclic) bond motifs is 1. The molecule has 25 heavy (non-hydrogen) atoms. The van der Waals surface area contributed by atoms with Gasteiger partial charge in [-0.3, -0.25) is 9.97 Å². The van der Waals surface area contributed by atoms with Crippen LogP contribution in [0.5, 0.6) is 0 Å². The molecule has 2 aliphatic heterocycles. The third-order valence-electron chi connectivity index (χ3n) is 3.99. The summed E-state index contributed by atoms with van der Waals surface area (Å²) in [5, 5.41) is 19.6. The maximum absolute atomic E-state index is 9.84. The molecule has 132 valence electrons. The van der Waals surface area contributed by atoms with Crippen molar-refractivity contribution in [3.8, 4) is 0 Å². The fourth-order valence-electron chi connectivity index (χ4n) is 2.62. The Balaban J connectivity index is 0.000000314. The zero-order valence-electron chi connectivity index (χ0n) is 13.9. The molecule has 2 aliphatic rings. The molecule has 1 aromatic heterocycles. The summed E-state index contributed by atoms with van der Waals surface area (Å²) >= 11 is 5.89. The summed E-state index contributed by atoms with van der Waals surface area (Å²) in [4.78, 5) is 8.49. The zero-order valence-corrected chi connectivity index (χ0v) is 14.7. The van der Waals surface area contributed by atoms with E-state index in [0.29, 0.717) is 23.8 Å². The number of hydrogen-bond acceptors (Lipinski definition) is 6. The Morgan fingerprint density at radius 3 is 2.60 bits per heavy atom. The van der Waals surface area contributed by atoms with Crippen molar-refractivity contribution in [3.05, 3.63) is 58.8 Å². The number of aliphatic hydroxyl groups excluding tert-OH is 1. The Morgan fingerprint density at radius 1 is 1.12 bits per heavy atom. The van der Waals surface area contributed by atoms with Crippen LogP contribution in [0.1, 0.15) is 18.4 Å². The molecule has 6 nitrogen and oxygen atoms in total. The van der Waals surface area contributed by atoms with E-state index in [1.807, 2.05) is 18.2 Å². The molecular weight excluding hydrogens is 338 g/mol. The van der Waals surface area contributed by atoms with Crippen LogP contribution < -0.4 is 16.0 Å². The largest absolute Gasteiger partial charge is 0.504 e. The zero-order chi connectivity index (χ0) is 17.5. The fraction of sp³-hybridized carbons (Fsp3) is 0.333. The second-order valence-electron chi connectivity index (χ2n) is 5.88. The van der Waals surface area contributed by atoms with Gasteiger partial charge in [0.25, 0.3) is 0 Å². The van der Waals surface area contributed by atoms with Gasteiger partial charge in [-0.05, 0) is 43.6 Å². The number of nitrogens with zero attached hydrogens (tertiary/aromatic N) is 2. The highest BCUT2D eigenvalue weighted by Crippen LogP contribution is 2.17. The Hall–Kier alpha value is -2.31. The molecule has 1 saturated heterocycles. The number of halogens is 1. The van der Waals surface area contributed by atoms with E-state index >= 15 is 0 Å². The fourth-order valence-corrected chi connectivity index (χ4v) is 2.80. The van der Waals surface area contributed by atoms with Crippen LogP contribution in [0.15, 0.2) is 53.3 Å². The van der Waals surface area contributed by atoms with Crippen LogP contribution in [0, 0.1) is 0 Å². The first-order valence-electron chi connectivity index (χ1n) is 8.40. The quantitative estimate of drug-likeness (QED) is 0.674. The van der Waals surface area contributed by atoms with E-state index in [0.717, 1.165) is 16.6 Å². The molecule has 1 fully saturated rings. The lowest BCUT2D eigenvalue weighted by atomic mass is 10.2. The van der Waals surface area contributed by atoms with Crippen molar-refractivity contribution in [1.29, 1.82) is 0 Å². The van der Waals surface area contributed by atoms with Crippen molar-refractivity contribution in [2.75, 3.05) is 19.6 Å². The molecule has 0 atom stereocenters. The van der Waals surface area contributed by atoms with Gasteiger partial charge in [0.05, 0.1) is 28.3 Å². The molecule has 0 bridgehead atoms. The minimum Gasteiger partial charge on any atom is -0.504 e. The van der Waals surface area contributed by atoms with Gasteiger partial charge in [0.15, 0.2) is 5.76 Å². The summed E-state index contributed by atoms with van der Waals surface area (Å²) < 4.78 is 0. The Kier molecular flexibility index (Phi) is 6.09. The number of aliphatic hydroxyl groups is 1. The van der Waals surface area contributed by atoms with Crippen LogP contribution in [0.4, 0.5) is 0 Å². The van der Waals surface area contributed by atoms with Crippen molar-refractivity contribution < 1.29 is 5.11 Å². The van der Waals surface area contributed by atoms with E-state index in [4.69, 9.17) is 11.6 Å². The van der Waals surface area contributed by atoms with Gasteiger partial charge < -0.3 is 21.1 Å². The summed E-state index contributed by atoms with van der Waals surface area (Å²) in [5.74, 6) is 0.0889. The normalized spacial score (nSPS) is 16.8. The minimum absolute atomic E-state index is 0.0889. The number of hydrogen-bond donors (Lipinski definition) is 4. The Bertz CT molecular complexity index is 778. The molecule has 0 spiro atoms. The van der Waals surface area contributed by atoms with Gasteiger partial charge in [-0.2, -0.15) is 0 Å². The average Bonchev–Trinajstić information content (AvgIpc) is 3.23. The van der Waals surface area contributed by atoms with Crippen LogP contribution >= 0.6 is 11.6 Å². The summed E-state index contributed by atoms with van der Waals surface area (Å²) in [6.07, 6.45) is 7.83. The highest BCUT2D eigenvalue weighted by molar-refractivity contribution is 6.30. The molecule has 0 unspecified atom stereocenters. The maximum atomic E-state index is 9.84. The number of rotatable bonds is 3. The number of benzene rings is 1. The second-order valence-corrected chi connectivity index (χ2v) is 6.34. The molecule has 0 saturated carbocycles. The number of nitrogens with one attached hydrogen (secondary N) is 3. The molecule has 0 radical (unpaired) electrons. The summed E-state index contributed by atoms with van der Waals surface area (Å²) in [5.41, 5.74) is 3.34. The highest BCUT2D eigenvalue weighted by atomic mass is 35.5. The van der Waals surface area contributed by atoms with Crippen molar-refractivity contribution in [1.82, 2.24) is 25.9 Å². The van der Waals surface area contributed by atoms with Crippen molar-refractivity contribution in [2.24, 2.45) is 0 Å². The second kappa shape index (κ2) is 8.69. The monoisotopic (exact) mass is 359 g/mol. The minimum atomic E-state index is 0.0889. The van der Waals surface area contributed by atoms with Gasteiger partial charge in [0.1, 0.15) is 0 Å². The maximum Gasteiger partial charge on any atom is 0.156 e. The molecule has 7 heteroatoms. The lowest BCUT2D eigenvalue weighted by Crippen LogP contribution is -2.24. The predicted octanol–water partition coefficient (Wildman–Crippen LogP) is 2.54. The summed E-state index contributed by atoms with van der Waals surface area (Å²) in [6.45, 7) is 3.51. The van der Waals surface area contributed by atoms with E-state index in [2.05, 4.69) is 25.9 Å². The molecule has 4 rings (SSSR count). The first-order valence-corrected chi connectivity index (χ1v) is 8.77. The van der Waals surface area contributed by atoms with E-state index in [9.17, 15) is 5.11 Å². The first-order chi connectivity index (χ1) is 12.2. The van der Waals surface area contributed by atoms with Gasteiger partial charge in [0, 0.05) is 25.1 Å². The highest BCUT2D eigenvalue weighted by Gasteiger charge is 2.13. The first kappa shape index (κ1) is 17.5. The number of aromatic nitrogens is 2. The lowest BCUT2D eigenvalue weighted by molar-refractivity contribution is 0.404. The molecule has 1 aromatic carbocycles. The van der Waals surface area contributed by atoms with E-state index < -0.39 is 0 Å². The predicted molar refractivity (Wildman–Crippen MR) is 100 cm³/mol. The van der Waals surface area contributed by atoms with Gasteiger partial charge in [0.2, 0.25) is 0 Å². The lowest BCUT2D eigenvalue weighted by Gasteiger charge is -2.17. The molecule has 3 heterocycles.